The average Bonchev–Trinajstić information content (AvgIpc) is 1.98. The number of rotatable bonds is 3. The third kappa shape index (κ3) is 5.82. The zero-order valence-electron chi connectivity index (χ0n) is 8.64. The Morgan fingerprint density at radius 2 is 1.92 bits per heavy atom. The van der Waals surface area contributed by atoms with Gasteiger partial charge in [0.1, 0.15) is 0 Å². The summed E-state index contributed by atoms with van der Waals surface area (Å²) in [6, 6.07) is 0. The normalized spacial score (nSPS) is 11.1. The molecule has 0 saturated heterocycles. The Morgan fingerprint density at radius 3 is 2.33 bits per heavy atom. The van der Waals surface area contributed by atoms with Crippen LogP contribution in [0, 0.1) is 5.41 Å². The van der Waals surface area contributed by atoms with E-state index in [1.165, 1.54) is 5.57 Å². The third-order valence-corrected chi connectivity index (χ3v) is 1.37. The maximum Gasteiger partial charge on any atom is 0.0793 e. The molecule has 68 valence electrons. The summed E-state index contributed by atoms with van der Waals surface area (Å²) in [5, 5.41) is 0. The zero-order chi connectivity index (χ0) is 9.61. The first-order chi connectivity index (χ1) is 5.48. The van der Waals surface area contributed by atoms with Crippen molar-refractivity contribution in [3.63, 3.8) is 0 Å². The molecule has 0 fully saturated rings. The summed E-state index contributed by atoms with van der Waals surface area (Å²) in [5.41, 5.74) is 4.39. The Labute approximate surface area is 75.4 Å². The standard InChI is InChI=1S/C11H18O/c1-10(2)6-7-11(3,4)8-9-12-5/h7-9H,1-5H3/b9-8+. The van der Waals surface area contributed by atoms with E-state index >= 15 is 0 Å². The van der Waals surface area contributed by atoms with Gasteiger partial charge in [0, 0.05) is 5.41 Å². The Kier molecular flexibility index (Phi) is 4.46. The van der Waals surface area contributed by atoms with Crippen molar-refractivity contribution in [2.24, 2.45) is 5.41 Å². The van der Waals surface area contributed by atoms with Crippen molar-refractivity contribution in [1.82, 2.24) is 0 Å². The van der Waals surface area contributed by atoms with Gasteiger partial charge in [0.05, 0.1) is 13.4 Å². The van der Waals surface area contributed by atoms with Crippen molar-refractivity contribution in [2.45, 2.75) is 27.7 Å². The Bertz CT molecular complexity index is 211. The molecule has 0 spiro atoms. The van der Waals surface area contributed by atoms with Gasteiger partial charge in [0.15, 0.2) is 0 Å². The lowest BCUT2D eigenvalue weighted by Crippen LogP contribution is -2.01. The van der Waals surface area contributed by atoms with Gasteiger partial charge in [-0.1, -0.05) is 13.8 Å². The third-order valence-electron chi connectivity index (χ3n) is 1.37. The van der Waals surface area contributed by atoms with Gasteiger partial charge >= 0.3 is 0 Å². The Hall–Kier alpha value is -0.940. The lowest BCUT2D eigenvalue weighted by atomic mass is 9.93. The molecule has 0 aromatic rings. The SMILES string of the molecule is CO/C=C/C(C)(C)C=C=C(C)C. The second kappa shape index (κ2) is 4.84. The summed E-state index contributed by atoms with van der Waals surface area (Å²) in [6.45, 7) is 8.29. The van der Waals surface area contributed by atoms with E-state index in [0.717, 1.165) is 0 Å². The molecule has 12 heavy (non-hydrogen) atoms. The van der Waals surface area contributed by atoms with Crippen LogP contribution in [0.2, 0.25) is 0 Å². The molecule has 0 rings (SSSR count). The minimum Gasteiger partial charge on any atom is -0.505 e. The van der Waals surface area contributed by atoms with Crippen LogP contribution in [0.5, 0.6) is 0 Å². The average molecular weight is 166 g/mol. The van der Waals surface area contributed by atoms with Gasteiger partial charge in [-0.3, -0.25) is 0 Å². The first kappa shape index (κ1) is 11.1. The largest absolute Gasteiger partial charge is 0.505 e. The molecule has 0 bridgehead atoms. The van der Waals surface area contributed by atoms with E-state index in [1.807, 2.05) is 26.0 Å². The van der Waals surface area contributed by atoms with Crippen molar-refractivity contribution in [2.75, 3.05) is 7.11 Å². The minimum atomic E-state index is 0.0211. The van der Waals surface area contributed by atoms with Crippen molar-refractivity contribution in [3.8, 4) is 0 Å². The molecule has 0 heterocycles. The highest BCUT2D eigenvalue weighted by molar-refractivity contribution is 5.07. The topological polar surface area (TPSA) is 9.23 Å². The van der Waals surface area contributed by atoms with E-state index in [4.69, 9.17) is 4.74 Å². The van der Waals surface area contributed by atoms with E-state index in [9.17, 15) is 0 Å². The molecule has 1 nitrogen and oxygen atoms in total. The predicted octanol–water partition coefficient (Wildman–Crippen LogP) is 3.29. The van der Waals surface area contributed by atoms with Crippen LogP contribution in [-0.4, -0.2) is 7.11 Å². The fourth-order valence-corrected chi connectivity index (χ4v) is 0.622. The van der Waals surface area contributed by atoms with Gasteiger partial charge < -0.3 is 4.74 Å². The van der Waals surface area contributed by atoms with Gasteiger partial charge in [0.25, 0.3) is 0 Å². The smallest absolute Gasteiger partial charge is 0.0793 e. The highest BCUT2D eigenvalue weighted by Crippen LogP contribution is 2.18. The number of hydrogen-bond donors (Lipinski definition) is 0. The van der Waals surface area contributed by atoms with Crippen LogP contribution in [0.25, 0.3) is 0 Å². The molecule has 0 unspecified atom stereocenters. The fraction of sp³-hybridized carbons (Fsp3) is 0.545. The van der Waals surface area contributed by atoms with Gasteiger partial charge in [-0.25, -0.2) is 0 Å². The molecule has 0 atom stereocenters. The van der Waals surface area contributed by atoms with Gasteiger partial charge in [-0.15, -0.1) is 5.73 Å². The fourth-order valence-electron chi connectivity index (χ4n) is 0.622. The van der Waals surface area contributed by atoms with Crippen molar-refractivity contribution in [3.05, 3.63) is 29.7 Å². The maximum absolute atomic E-state index is 4.85. The second-order valence-electron chi connectivity index (χ2n) is 3.65. The number of ether oxygens (including phenoxy) is 1. The van der Waals surface area contributed by atoms with Crippen molar-refractivity contribution < 1.29 is 4.74 Å². The molecule has 0 aromatic carbocycles. The molecule has 1 heteroatoms. The van der Waals surface area contributed by atoms with Crippen molar-refractivity contribution in [1.29, 1.82) is 0 Å². The lowest BCUT2D eigenvalue weighted by Gasteiger charge is -2.11. The predicted molar refractivity (Wildman–Crippen MR) is 52.9 cm³/mol. The van der Waals surface area contributed by atoms with E-state index in [-0.39, 0.29) is 5.41 Å². The van der Waals surface area contributed by atoms with E-state index in [2.05, 4.69) is 19.6 Å². The van der Waals surface area contributed by atoms with Crippen LogP contribution in [0.1, 0.15) is 27.7 Å². The molecule has 0 aliphatic carbocycles. The molecule has 0 N–H and O–H groups in total. The number of hydrogen-bond acceptors (Lipinski definition) is 1. The number of allylic oxidation sites excluding steroid dienone is 2. The molecule has 0 aromatic heterocycles. The van der Waals surface area contributed by atoms with Crippen LogP contribution in [-0.2, 0) is 4.74 Å². The summed E-state index contributed by atoms with van der Waals surface area (Å²) >= 11 is 0. The van der Waals surface area contributed by atoms with Crippen molar-refractivity contribution >= 4 is 0 Å². The van der Waals surface area contributed by atoms with E-state index < -0.39 is 0 Å². The summed E-state index contributed by atoms with van der Waals surface area (Å²) in [6.07, 6.45) is 5.74. The quantitative estimate of drug-likeness (QED) is 0.461. The molecule has 0 saturated carbocycles. The molecule has 0 amide bonds. The summed E-state index contributed by atoms with van der Waals surface area (Å²) in [4.78, 5) is 0. The van der Waals surface area contributed by atoms with Gasteiger partial charge in [-0.2, -0.15) is 0 Å². The highest BCUT2D eigenvalue weighted by atomic mass is 16.5. The van der Waals surface area contributed by atoms with E-state index in [1.54, 1.807) is 13.4 Å². The molecular weight excluding hydrogens is 148 g/mol. The monoisotopic (exact) mass is 166 g/mol. The number of methoxy groups -OCH3 is 1. The van der Waals surface area contributed by atoms with Crippen LogP contribution < -0.4 is 0 Å². The van der Waals surface area contributed by atoms with Crippen LogP contribution in [0.3, 0.4) is 0 Å². The first-order valence-electron chi connectivity index (χ1n) is 4.09. The Morgan fingerprint density at radius 1 is 1.33 bits per heavy atom. The van der Waals surface area contributed by atoms with Crippen LogP contribution >= 0.6 is 0 Å². The van der Waals surface area contributed by atoms with Gasteiger partial charge in [-0.05, 0) is 31.6 Å². The summed E-state index contributed by atoms with van der Waals surface area (Å²) in [7, 11) is 1.65. The molecule has 0 aliphatic heterocycles. The second-order valence-corrected chi connectivity index (χ2v) is 3.65. The van der Waals surface area contributed by atoms with Crippen LogP contribution in [0.15, 0.2) is 29.7 Å². The van der Waals surface area contributed by atoms with E-state index in [0.29, 0.717) is 0 Å². The molecule has 0 radical (unpaired) electrons. The Balaban J connectivity index is 4.42. The zero-order valence-corrected chi connectivity index (χ0v) is 8.64. The van der Waals surface area contributed by atoms with Gasteiger partial charge in [0.2, 0.25) is 0 Å². The summed E-state index contributed by atoms with van der Waals surface area (Å²) in [5.74, 6) is 0. The lowest BCUT2D eigenvalue weighted by molar-refractivity contribution is 0.331. The first-order valence-corrected chi connectivity index (χ1v) is 4.09. The molecule has 0 aliphatic rings. The highest BCUT2D eigenvalue weighted by Gasteiger charge is 2.07. The summed E-state index contributed by atoms with van der Waals surface area (Å²) < 4.78 is 4.85. The maximum atomic E-state index is 4.85. The molecular formula is C11H18O. The minimum absolute atomic E-state index is 0.0211. The van der Waals surface area contributed by atoms with Crippen LogP contribution in [0.4, 0.5) is 0 Å².